The van der Waals surface area contributed by atoms with Gasteiger partial charge in [-0.05, 0) is 75.8 Å². The first-order chi connectivity index (χ1) is 15.1. The Morgan fingerprint density at radius 1 is 1.25 bits per heavy atom. The van der Waals surface area contributed by atoms with Crippen molar-refractivity contribution >= 4 is 38.2 Å². The molecule has 0 bridgehead atoms. The van der Waals surface area contributed by atoms with Gasteiger partial charge in [0.1, 0.15) is 5.00 Å². The maximum absolute atomic E-state index is 12.9. The van der Waals surface area contributed by atoms with Gasteiger partial charge in [0, 0.05) is 23.5 Å². The third-order valence-corrected chi connectivity index (χ3v) is 8.96. The van der Waals surface area contributed by atoms with Gasteiger partial charge in [-0.1, -0.05) is 6.92 Å². The smallest absolute Gasteiger partial charge is 0.341 e. The summed E-state index contributed by atoms with van der Waals surface area (Å²) in [7, 11) is -2.10. The lowest BCUT2D eigenvalue weighted by molar-refractivity contribution is 0.0526. The second kappa shape index (κ2) is 9.72. The number of carbonyl (C=O) groups is 2. The molecule has 1 aromatic heterocycles. The van der Waals surface area contributed by atoms with E-state index in [-0.39, 0.29) is 17.5 Å². The van der Waals surface area contributed by atoms with Crippen LogP contribution in [0.1, 0.15) is 65.3 Å². The second-order valence-corrected chi connectivity index (χ2v) is 11.5. The highest BCUT2D eigenvalue weighted by molar-refractivity contribution is 7.89. The molecule has 0 radical (unpaired) electrons. The molecule has 174 valence electrons. The van der Waals surface area contributed by atoms with Gasteiger partial charge in [0.15, 0.2) is 0 Å². The van der Waals surface area contributed by atoms with Crippen LogP contribution >= 0.6 is 11.3 Å². The quantitative estimate of drug-likeness (QED) is 0.598. The first kappa shape index (κ1) is 24.4. The molecule has 0 saturated carbocycles. The van der Waals surface area contributed by atoms with Crippen LogP contribution in [0.2, 0.25) is 0 Å². The Labute approximate surface area is 193 Å². The van der Waals surface area contributed by atoms with E-state index in [4.69, 9.17) is 4.74 Å². The minimum atomic E-state index is -3.63. The number of anilines is 1. The predicted molar refractivity (Wildman–Crippen MR) is 126 cm³/mol. The van der Waals surface area contributed by atoms with Gasteiger partial charge in [0.05, 0.1) is 17.1 Å². The van der Waals surface area contributed by atoms with Crippen LogP contribution in [0.25, 0.3) is 0 Å². The molecule has 9 heteroatoms. The largest absolute Gasteiger partial charge is 0.462 e. The van der Waals surface area contributed by atoms with Gasteiger partial charge in [-0.2, -0.15) is 4.31 Å². The highest BCUT2D eigenvalue weighted by Crippen LogP contribution is 2.40. The van der Waals surface area contributed by atoms with E-state index in [1.165, 1.54) is 47.0 Å². The molecule has 32 heavy (non-hydrogen) atoms. The highest BCUT2D eigenvalue weighted by Gasteiger charge is 2.29. The molecule has 2 aromatic rings. The van der Waals surface area contributed by atoms with Crippen molar-refractivity contribution in [3.63, 3.8) is 0 Å². The SMILES string of the molecule is CCOC(=O)c1c(NC(=O)c2ccc(S(=O)(=O)N(C)C(C)C)cc2)sc2c1CCC(C)C2. The van der Waals surface area contributed by atoms with E-state index < -0.39 is 21.9 Å². The van der Waals surface area contributed by atoms with Crippen molar-refractivity contribution in [1.29, 1.82) is 0 Å². The standard InChI is InChI=1S/C23H30N2O5S2/c1-6-30-23(27)20-18-12-7-15(4)13-19(18)31-22(20)24-21(26)16-8-10-17(11-9-16)32(28,29)25(5)14(2)3/h8-11,14-15H,6-7,12-13H2,1-5H3,(H,24,26). The normalized spacial score (nSPS) is 16.2. The van der Waals surface area contributed by atoms with Crippen LogP contribution in [0.3, 0.4) is 0 Å². The molecule has 1 atom stereocenters. The van der Waals surface area contributed by atoms with E-state index in [9.17, 15) is 18.0 Å². The molecule has 7 nitrogen and oxygen atoms in total. The summed E-state index contributed by atoms with van der Waals surface area (Å²) in [4.78, 5) is 26.8. The van der Waals surface area contributed by atoms with E-state index in [2.05, 4.69) is 12.2 Å². The fourth-order valence-electron chi connectivity index (χ4n) is 3.66. The average molecular weight is 479 g/mol. The zero-order chi connectivity index (χ0) is 23.6. The van der Waals surface area contributed by atoms with Crippen LogP contribution in [0.4, 0.5) is 5.00 Å². The number of amides is 1. The van der Waals surface area contributed by atoms with Gasteiger partial charge in [0.25, 0.3) is 5.91 Å². The van der Waals surface area contributed by atoms with E-state index in [0.717, 1.165) is 29.7 Å². The number of thiophene rings is 1. The van der Waals surface area contributed by atoms with Gasteiger partial charge in [-0.3, -0.25) is 4.79 Å². The fourth-order valence-corrected chi connectivity index (χ4v) is 6.42. The first-order valence-corrected chi connectivity index (χ1v) is 13.0. The minimum absolute atomic E-state index is 0.123. The maximum Gasteiger partial charge on any atom is 0.341 e. The Hall–Kier alpha value is -2.23. The highest BCUT2D eigenvalue weighted by atomic mass is 32.2. The molecular weight excluding hydrogens is 448 g/mol. The summed E-state index contributed by atoms with van der Waals surface area (Å²) in [6, 6.07) is 5.64. The van der Waals surface area contributed by atoms with Crippen molar-refractivity contribution in [1.82, 2.24) is 4.31 Å². The Kier molecular flexibility index (Phi) is 7.42. The number of benzene rings is 1. The molecule has 1 amide bonds. The van der Waals surface area contributed by atoms with E-state index in [0.29, 0.717) is 22.0 Å². The monoisotopic (exact) mass is 478 g/mol. The van der Waals surface area contributed by atoms with Crippen molar-refractivity contribution in [2.75, 3.05) is 19.0 Å². The summed E-state index contributed by atoms with van der Waals surface area (Å²) in [6.07, 6.45) is 2.65. The van der Waals surface area contributed by atoms with E-state index in [1.54, 1.807) is 20.8 Å². The first-order valence-electron chi connectivity index (χ1n) is 10.8. The topological polar surface area (TPSA) is 92.8 Å². The van der Waals surface area contributed by atoms with Crippen LogP contribution in [-0.4, -0.2) is 44.3 Å². The number of fused-ring (bicyclic) bond motifs is 1. The third-order valence-electron chi connectivity index (χ3n) is 5.74. The van der Waals surface area contributed by atoms with Crippen LogP contribution in [0.5, 0.6) is 0 Å². The summed E-state index contributed by atoms with van der Waals surface area (Å²) in [5.41, 5.74) is 1.73. The Morgan fingerprint density at radius 3 is 2.50 bits per heavy atom. The van der Waals surface area contributed by atoms with Crippen LogP contribution < -0.4 is 5.32 Å². The number of hydrogen-bond donors (Lipinski definition) is 1. The predicted octanol–water partition coefficient (Wildman–Crippen LogP) is 4.33. The summed E-state index contributed by atoms with van der Waals surface area (Å²) in [5, 5.41) is 3.35. The number of nitrogens with one attached hydrogen (secondary N) is 1. The molecule has 3 rings (SSSR count). The number of hydrogen-bond acceptors (Lipinski definition) is 6. The molecule has 0 fully saturated rings. The molecule has 1 aliphatic carbocycles. The van der Waals surface area contributed by atoms with Crippen molar-refractivity contribution in [2.45, 2.75) is 57.9 Å². The molecule has 1 unspecified atom stereocenters. The molecular formula is C23H30N2O5S2. The number of nitrogens with zero attached hydrogens (tertiary/aromatic N) is 1. The molecule has 0 aliphatic heterocycles. The molecule has 1 N–H and O–H groups in total. The van der Waals surface area contributed by atoms with Crippen LogP contribution in [0, 0.1) is 5.92 Å². The molecule has 1 aromatic carbocycles. The Bertz CT molecular complexity index is 1100. The number of carbonyl (C=O) groups excluding carboxylic acids is 2. The van der Waals surface area contributed by atoms with Gasteiger partial charge < -0.3 is 10.1 Å². The maximum atomic E-state index is 12.9. The number of sulfonamides is 1. The summed E-state index contributed by atoms with van der Waals surface area (Å²) >= 11 is 1.42. The fraction of sp³-hybridized carbons (Fsp3) is 0.478. The lowest BCUT2D eigenvalue weighted by atomic mass is 9.88. The van der Waals surface area contributed by atoms with Crippen molar-refractivity contribution in [3.8, 4) is 0 Å². The van der Waals surface area contributed by atoms with Crippen LogP contribution in [-0.2, 0) is 27.6 Å². The van der Waals surface area contributed by atoms with E-state index in [1.807, 2.05) is 0 Å². The van der Waals surface area contributed by atoms with Gasteiger partial charge in [0.2, 0.25) is 10.0 Å². The van der Waals surface area contributed by atoms with Gasteiger partial charge in [-0.15, -0.1) is 11.3 Å². The zero-order valence-electron chi connectivity index (χ0n) is 19.1. The summed E-state index contributed by atoms with van der Waals surface area (Å²) in [6.45, 7) is 7.78. The van der Waals surface area contributed by atoms with Crippen LogP contribution in [0.15, 0.2) is 29.2 Å². The molecule has 0 saturated heterocycles. The Morgan fingerprint density at radius 2 is 1.91 bits per heavy atom. The number of ether oxygens (including phenoxy) is 1. The van der Waals surface area contributed by atoms with Gasteiger partial charge in [-0.25, -0.2) is 13.2 Å². The Balaban J connectivity index is 1.87. The number of esters is 1. The zero-order valence-corrected chi connectivity index (χ0v) is 20.7. The van der Waals surface area contributed by atoms with Crippen molar-refractivity contribution in [3.05, 3.63) is 45.8 Å². The minimum Gasteiger partial charge on any atom is -0.462 e. The van der Waals surface area contributed by atoms with Crippen molar-refractivity contribution < 1.29 is 22.7 Å². The summed E-state index contributed by atoms with van der Waals surface area (Å²) < 4.78 is 31.8. The van der Waals surface area contributed by atoms with Gasteiger partial charge >= 0.3 is 5.97 Å². The molecule has 1 heterocycles. The van der Waals surface area contributed by atoms with E-state index >= 15 is 0 Å². The number of rotatable bonds is 7. The van der Waals surface area contributed by atoms with Crippen molar-refractivity contribution in [2.24, 2.45) is 5.92 Å². The average Bonchev–Trinajstić information content (AvgIpc) is 3.10. The lowest BCUT2D eigenvalue weighted by Crippen LogP contribution is -2.33. The lowest BCUT2D eigenvalue weighted by Gasteiger charge is -2.21. The third kappa shape index (κ3) is 4.89. The molecule has 1 aliphatic rings. The molecule has 0 spiro atoms. The summed E-state index contributed by atoms with van der Waals surface area (Å²) in [5.74, 6) is -0.297. The second-order valence-electron chi connectivity index (χ2n) is 8.37.